The van der Waals surface area contributed by atoms with Crippen LogP contribution in [0.1, 0.15) is 0 Å². The minimum atomic E-state index is -0.745. The van der Waals surface area contributed by atoms with Gasteiger partial charge in [0.2, 0.25) is 0 Å². The Balaban J connectivity index is 0. The van der Waals surface area contributed by atoms with E-state index < -0.39 is 6.03 Å². The maximum Gasteiger partial charge on any atom is 0.149 e. The van der Waals surface area contributed by atoms with Crippen molar-refractivity contribution in [2.75, 3.05) is 7.05 Å². The van der Waals surface area contributed by atoms with Crippen molar-refractivity contribution in [2.45, 2.75) is 0 Å². The largest absolute Gasteiger partial charge is 0.453 e. The van der Waals surface area contributed by atoms with Crippen LogP contribution in [-0.4, -0.2) is 13.1 Å². The van der Waals surface area contributed by atoms with Crippen LogP contribution in [0, 0.1) is 0 Å². The second-order valence-electron chi connectivity index (χ2n) is 0.579. The molecule has 2 amide bonds. The summed E-state index contributed by atoms with van der Waals surface area (Å²) in [7, 11) is 1.41. The Labute approximate surface area is 49.9 Å². The van der Waals surface area contributed by atoms with Gasteiger partial charge in [-0.3, -0.25) is 4.79 Å². The van der Waals surface area contributed by atoms with E-state index in [9.17, 15) is 4.79 Å². The van der Waals surface area contributed by atoms with E-state index >= 15 is 0 Å². The van der Waals surface area contributed by atoms with Crippen molar-refractivity contribution in [1.82, 2.24) is 5.32 Å². The van der Waals surface area contributed by atoms with Gasteiger partial charge in [0, 0.05) is 20.4 Å². The topological polar surface area (TPSA) is 52.9 Å². The van der Waals surface area contributed by atoms with Gasteiger partial charge < -0.3 is 11.1 Å². The second kappa shape index (κ2) is 4.93. The molecule has 0 aromatic carbocycles. The number of carbonyl (C=O) groups excluding carboxylic acids is 1. The molecule has 0 aromatic rings. The van der Waals surface area contributed by atoms with Crippen LogP contribution < -0.4 is 5.32 Å². The molecule has 3 nitrogen and oxygen atoms in total. The van der Waals surface area contributed by atoms with Crippen molar-refractivity contribution < 1.29 is 25.2 Å². The number of rotatable bonds is 0. The van der Waals surface area contributed by atoms with Crippen LogP contribution in [0.2, 0.25) is 0 Å². The Morgan fingerprint density at radius 3 is 2.00 bits per heavy atom. The van der Waals surface area contributed by atoms with Crippen LogP contribution in [0.15, 0.2) is 0 Å². The Bertz CT molecular complexity index is 46.8. The molecule has 0 atom stereocenters. The molecule has 0 bridgehead atoms. The van der Waals surface area contributed by atoms with E-state index in [2.05, 4.69) is 5.32 Å². The zero-order valence-electron chi connectivity index (χ0n) is 3.29. The molecule has 0 rings (SSSR count). The van der Waals surface area contributed by atoms with E-state index in [0.717, 1.165) is 0 Å². The van der Waals surface area contributed by atoms with E-state index in [1.54, 1.807) is 0 Å². The minimum absolute atomic E-state index is 0. The van der Waals surface area contributed by atoms with Gasteiger partial charge in [0.15, 0.2) is 0 Å². The van der Waals surface area contributed by atoms with Gasteiger partial charge >= 0.3 is 0 Å². The molecule has 2 N–H and O–H groups in total. The summed E-state index contributed by atoms with van der Waals surface area (Å²) in [5, 5.41) is 2.06. The van der Waals surface area contributed by atoms with Gasteiger partial charge in [-0.2, -0.15) is 0 Å². The third-order valence-electron chi connectivity index (χ3n) is 0.227. The molecule has 0 heterocycles. The Hall–Kier alpha value is -0.0677. The quantitative estimate of drug-likeness (QED) is 0.671. The summed E-state index contributed by atoms with van der Waals surface area (Å²) in [4.78, 5) is 9.37. The molecular weight excluding hydrogens is 254 g/mol. The molecular formula is C2H5N2ORe-. The van der Waals surface area contributed by atoms with Gasteiger partial charge in [-0.1, -0.05) is 7.05 Å². The van der Waals surface area contributed by atoms with Gasteiger partial charge in [0.05, 0.1) is 0 Å². The molecule has 0 aliphatic carbocycles. The average molecular weight is 259 g/mol. The van der Waals surface area contributed by atoms with E-state index in [0.29, 0.717) is 0 Å². The second-order valence-corrected chi connectivity index (χ2v) is 0.579. The van der Waals surface area contributed by atoms with Crippen LogP contribution in [0.4, 0.5) is 4.79 Å². The van der Waals surface area contributed by atoms with Crippen molar-refractivity contribution in [2.24, 2.45) is 0 Å². The summed E-state index contributed by atoms with van der Waals surface area (Å²) < 4.78 is 0. The molecule has 0 saturated heterocycles. The molecule has 0 spiro atoms. The monoisotopic (exact) mass is 260 g/mol. The third kappa shape index (κ3) is 9.06. The first-order valence-electron chi connectivity index (χ1n) is 1.20. The summed E-state index contributed by atoms with van der Waals surface area (Å²) in [6, 6.07) is -0.745. The molecule has 0 fully saturated rings. The van der Waals surface area contributed by atoms with Crippen LogP contribution in [0.25, 0.3) is 5.73 Å². The number of nitrogens with one attached hydrogen (secondary N) is 2. The average Bonchev–Trinajstić information content (AvgIpc) is 1.38. The summed E-state index contributed by atoms with van der Waals surface area (Å²) in [6.45, 7) is 0. The number of hydrogen-bond donors (Lipinski definition) is 1. The molecule has 0 saturated carbocycles. The van der Waals surface area contributed by atoms with Gasteiger partial charge in [0.25, 0.3) is 0 Å². The standard InChI is InChI=1S/C2H6N2O.Re/c1-4-2(3)5;/h1H3,(H3,3,4,5);/p-1. The number of hydrogen-bond acceptors (Lipinski definition) is 1. The SMILES string of the molecule is CNC([NH-])=O.[Re]. The Morgan fingerprint density at radius 1 is 1.83 bits per heavy atom. The van der Waals surface area contributed by atoms with Crippen molar-refractivity contribution in [3.63, 3.8) is 0 Å². The van der Waals surface area contributed by atoms with E-state index in [-0.39, 0.29) is 20.4 Å². The smallest absolute Gasteiger partial charge is 0.149 e. The Morgan fingerprint density at radius 2 is 2.00 bits per heavy atom. The number of amides is 2. The fourth-order valence-corrected chi connectivity index (χ4v) is 0. The maximum atomic E-state index is 9.37. The van der Waals surface area contributed by atoms with Gasteiger partial charge in [-0.25, -0.2) is 0 Å². The van der Waals surface area contributed by atoms with Gasteiger partial charge in [0.1, 0.15) is 6.03 Å². The number of carbonyl (C=O) groups is 1. The molecule has 0 aliphatic rings. The molecule has 6 heavy (non-hydrogen) atoms. The molecule has 0 aromatic heterocycles. The molecule has 0 unspecified atom stereocenters. The van der Waals surface area contributed by atoms with Crippen LogP contribution in [0.3, 0.4) is 0 Å². The first-order valence-corrected chi connectivity index (χ1v) is 1.20. The first kappa shape index (κ1) is 9.33. The van der Waals surface area contributed by atoms with Crippen molar-refractivity contribution in [1.29, 1.82) is 0 Å². The predicted octanol–water partition coefficient (Wildman–Crippen LogP) is 0.375. The van der Waals surface area contributed by atoms with Crippen LogP contribution >= 0.6 is 0 Å². The van der Waals surface area contributed by atoms with Gasteiger partial charge in [-0.05, 0) is 0 Å². The van der Waals surface area contributed by atoms with Crippen LogP contribution in [0.5, 0.6) is 0 Å². The zero-order chi connectivity index (χ0) is 4.28. The summed E-state index contributed by atoms with van der Waals surface area (Å²) >= 11 is 0. The van der Waals surface area contributed by atoms with Crippen LogP contribution in [-0.2, 0) is 20.4 Å². The van der Waals surface area contributed by atoms with Crippen molar-refractivity contribution in [3.05, 3.63) is 5.73 Å². The van der Waals surface area contributed by atoms with Crippen molar-refractivity contribution >= 4 is 6.03 Å². The molecule has 37 valence electrons. The fraction of sp³-hybridized carbons (Fsp3) is 0.500. The molecule has 1 radical (unpaired) electrons. The fourth-order valence-electron chi connectivity index (χ4n) is 0. The minimum Gasteiger partial charge on any atom is -0.453 e. The molecule has 0 aliphatic heterocycles. The normalized spacial score (nSPS) is 5.50. The summed E-state index contributed by atoms with van der Waals surface area (Å²) in [6.07, 6.45) is 0. The zero-order valence-corrected chi connectivity index (χ0v) is 6.00. The van der Waals surface area contributed by atoms with E-state index in [1.165, 1.54) is 7.05 Å². The summed E-state index contributed by atoms with van der Waals surface area (Å²) in [5.74, 6) is 0. The van der Waals surface area contributed by atoms with E-state index in [4.69, 9.17) is 5.73 Å². The van der Waals surface area contributed by atoms with E-state index in [1.807, 2.05) is 0 Å². The Kier molecular flexibility index (Phi) is 7.67. The third-order valence-corrected chi connectivity index (χ3v) is 0.227. The predicted molar refractivity (Wildman–Crippen MR) is 18.8 cm³/mol. The van der Waals surface area contributed by atoms with Crippen molar-refractivity contribution in [3.8, 4) is 0 Å². The van der Waals surface area contributed by atoms with Gasteiger partial charge in [-0.15, -0.1) is 0 Å². The first-order chi connectivity index (χ1) is 2.27. The molecule has 4 heteroatoms. The summed E-state index contributed by atoms with van der Waals surface area (Å²) in [5.41, 5.74) is 6.08. The number of urea groups is 1. The maximum absolute atomic E-state index is 9.37.